The highest BCUT2D eigenvalue weighted by Gasteiger charge is 2.47. The van der Waals surface area contributed by atoms with E-state index >= 15 is 0 Å². The van der Waals surface area contributed by atoms with Gasteiger partial charge in [0.25, 0.3) is 0 Å². The van der Waals surface area contributed by atoms with E-state index in [-0.39, 0.29) is 17.5 Å². The molecule has 36 heavy (non-hydrogen) atoms. The van der Waals surface area contributed by atoms with Crippen molar-refractivity contribution < 1.29 is 18.7 Å². The van der Waals surface area contributed by atoms with Gasteiger partial charge in [0.05, 0.1) is 23.3 Å². The zero-order valence-corrected chi connectivity index (χ0v) is 19.9. The maximum Gasteiger partial charge on any atom is 0.308 e. The summed E-state index contributed by atoms with van der Waals surface area (Å²) in [5.41, 5.74) is 3.50. The summed E-state index contributed by atoms with van der Waals surface area (Å²) in [6, 6.07) is 9.97. The van der Waals surface area contributed by atoms with Crippen molar-refractivity contribution in [2.45, 2.75) is 44.8 Å². The van der Waals surface area contributed by atoms with Gasteiger partial charge in [-0.1, -0.05) is 29.8 Å². The number of amidine groups is 1. The lowest BCUT2D eigenvalue weighted by molar-refractivity contribution is -0.149. The van der Waals surface area contributed by atoms with Crippen molar-refractivity contribution in [1.82, 2.24) is 15.6 Å². The highest BCUT2D eigenvalue weighted by atomic mass is 19.1. The molecule has 3 unspecified atom stereocenters. The number of halogens is 2. The number of H-pyrrole nitrogens is 1. The number of fused-ring (bicyclic) bond motifs is 4. The molecule has 3 aromatic rings. The molecular weight excluding hydrogens is 462 g/mol. The van der Waals surface area contributed by atoms with Crippen molar-refractivity contribution in [3.05, 3.63) is 77.0 Å². The first-order chi connectivity index (χ1) is 17.4. The van der Waals surface area contributed by atoms with Crippen molar-refractivity contribution in [2.75, 3.05) is 0 Å². The van der Waals surface area contributed by atoms with Gasteiger partial charge in [-0.25, -0.2) is 13.8 Å². The Morgan fingerprint density at radius 3 is 2.53 bits per heavy atom. The van der Waals surface area contributed by atoms with E-state index in [0.717, 1.165) is 42.9 Å². The first kappa shape index (κ1) is 22.9. The topological polar surface area (TPSA) is 89.5 Å². The lowest BCUT2D eigenvalue weighted by Crippen LogP contribution is -2.60. The van der Waals surface area contributed by atoms with Crippen LogP contribution in [0.1, 0.15) is 42.4 Å². The van der Waals surface area contributed by atoms with Crippen molar-refractivity contribution in [1.29, 1.82) is 0 Å². The third-order valence-electron chi connectivity index (χ3n) is 8.03. The summed E-state index contributed by atoms with van der Waals surface area (Å²) in [5, 5.41) is 17.4. The number of rotatable bonds is 5. The predicted octanol–water partition coefficient (Wildman–Crippen LogP) is 4.95. The zero-order valence-electron chi connectivity index (χ0n) is 19.9. The summed E-state index contributed by atoms with van der Waals surface area (Å²) in [5.74, 6) is -1.57. The third kappa shape index (κ3) is 3.99. The van der Waals surface area contributed by atoms with Crippen LogP contribution in [0.15, 0.2) is 53.7 Å². The number of aliphatic imine (C=N–C) groups is 1. The van der Waals surface area contributed by atoms with Gasteiger partial charge in [-0.15, -0.1) is 0 Å². The number of carboxylic acid groups (broad SMARTS) is 1. The average molecular weight is 491 g/mol. The molecule has 3 fully saturated rings. The minimum Gasteiger partial charge on any atom is -0.481 e. The molecule has 4 aliphatic rings. The Bertz CT molecular complexity index is 1390. The van der Waals surface area contributed by atoms with E-state index < -0.39 is 29.7 Å². The highest BCUT2D eigenvalue weighted by molar-refractivity contribution is 6.12. The van der Waals surface area contributed by atoms with E-state index in [0.29, 0.717) is 28.4 Å². The van der Waals surface area contributed by atoms with Gasteiger partial charge in [0.1, 0.15) is 17.5 Å². The van der Waals surface area contributed by atoms with Gasteiger partial charge >= 0.3 is 5.97 Å². The number of benzene rings is 2. The van der Waals surface area contributed by atoms with Crippen molar-refractivity contribution >= 4 is 28.4 Å². The molecule has 2 aromatic carbocycles. The smallest absolute Gasteiger partial charge is 0.308 e. The molecule has 4 N–H and O–H groups in total. The third-order valence-corrected chi connectivity index (χ3v) is 8.03. The quantitative estimate of drug-likeness (QED) is 0.408. The Kier molecular flexibility index (Phi) is 5.63. The Labute approximate surface area is 207 Å². The van der Waals surface area contributed by atoms with Crippen molar-refractivity contribution in [2.24, 2.45) is 22.7 Å². The number of carboxylic acids is 1. The number of nitrogens with one attached hydrogen (secondary N) is 3. The lowest BCUT2D eigenvalue weighted by atomic mass is 9.61. The van der Waals surface area contributed by atoms with E-state index in [1.807, 2.05) is 37.3 Å². The van der Waals surface area contributed by atoms with Crippen LogP contribution in [0.5, 0.6) is 0 Å². The standard InChI is InChI=1S/C28H28F2N4O2/c1-14-2-4-15(5-3-14)22-12-23(33-25-17-8-6-16(7-9-17)24(25)28(35)36)34-27(32-22)20-13-31-26-19(20)10-18(29)11-21(26)30/h2-5,10-13,16-17,23-25,31,33H,6-9H2,1H3,(H,32,34)(H,35,36). The number of hydrogen-bond donors (Lipinski definition) is 4. The van der Waals surface area contributed by atoms with E-state index in [1.54, 1.807) is 6.20 Å². The van der Waals surface area contributed by atoms with Crippen LogP contribution in [0.25, 0.3) is 16.6 Å². The summed E-state index contributed by atoms with van der Waals surface area (Å²) in [7, 11) is 0. The fourth-order valence-electron chi connectivity index (χ4n) is 6.25. The van der Waals surface area contributed by atoms with Crippen LogP contribution in [-0.4, -0.2) is 34.1 Å². The van der Waals surface area contributed by atoms with Crippen LogP contribution in [0.4, 0.5) is 8.78 Å². The molecular formula is C28H28F2N4O2. The Morgan fingerprint density at radius 1 is 1.08 bits per heavy atom. The summed E-state index contributed by atoms with van der Waals surface area (Å²) in [6.45, 7) is 2.01. The van der Waals surface area contributed by atoms with E-state index in [4.69, 9.17) is 4.99 Å². The molecule has 186 valence electrons. The number of hydrogen-bond acceptors (Lipinski definition) is 4. The number of aliphatic carboxylic acids is 1. The first-order valence-electron chi connectivity index (χ1n) is 12.5. The zero-order chi connectivity index (χ0) is 25.0. The van der Waals surface area contributed by atoms with Gasteiger partial charge in [-0.3, -0.25) is 10.1 Å². The number of aryl methyl sites for hydroxylation is 1. The first-order valence-corrected chi connectivity index (χ1v) is 12.5. The van der Waals surface area contributed by atoms with E-state index in [9.17, 15) is 18.7 Å². The van der Waals surface area contributed by atoms with Crippen LogP contribution in [0.2, 0.25) is 0 Å². The fraction of sp³-hybridized carbons (Fsp3) is 0.357. The molecule has 0 spiro atoms. The second kappa shape index (κ2) is 8.85. The molecule has 6 nitrogen and oxygen atoms in total. The fourth-order valence-corrected chi connectivity index (χ4v) is 6.25. The Balaban J connectivity index is 1.39. The van der Waals surface area contributed by atoms with E-state index in [2.05, 4.69) is 15.6 Å². The maximum absolute atomic E-state index is 14.4. The minimum absolute atomic E-state index is 0.166. The number of aromatic nitrogens is 1. The molecule has 3 aliphatic carbocycles. The van der Waals surface area contributed by atoms with Crippen molar-refractivity contribution in [3.63, 3.8) is 0 Å². The molecule has 2 heterocycles. The summed E-state index contributed by atoms with van der Waals surface area (Å²) in [4.78, 5) is 19.9. The van der Waals surface area contributed by atoms with Crippen LogP contribution in [0.3, 0.4) is 0 Å². The SMILES string of the molecule is Cc1ccc(C2=CC(NC3C4CCC(CC4)C3C(=O)O)NC(c3c[nH]c4c(F)cc(F)cc34)=N2)cc1. The minimum atomic E-state index is -0.753. The number of aromatic amines is 1. The summed E-state index contributed by atoms with van der Waals surface area (Å²) >= 11 is 0. The molecule has 3 saturated carbocycles. The second-order valence-electron chi connectivity index (χ2n) is 10.2. The van der Waals surface area contributed by atoms with Gasteiger partial charge < -0.3 is 15.4 Å². The number of nitrogens with zero attached hydrogens (tertiary/aromatic N) is 1. The summed E-state index contributed by atoms with van der Waals surface area (Å²) in [6.07, 6.45) is 7.15. The Morgan fingerprint density at radius 2 is 1.81 bits per heavy atom. The van der Waals surface area contributed by atoms with Crippen LogP contribution < -0.4 is 10.6 Å². The van der Waals surface area contributed by atoms with Gasteiger partial charge in [0.2, 0.25) is 0 Å². The lowest BCUT2D eigenvalue weighted by Gasteiger charge is -2.48. The van der Waals surface area contributed by atoms with Crippen LogP contribution in [0, 0.1) is 36.3 Å². The molecule has 1 aliphatic heterocycles. The molecule has 8 heteroatoms. The van der Waals surface area contributed by atoms with Crippen LogP contribution >= 0.6 is 0 Å². The van der Waals surface area contributed by atoms with Crippen molar-refractivity contribution in [3.8, 4) is 0 Å². The summed E-state index contributed by atoms with van der Waals surface area (Å²) < 4.78 is 28.5. The normalized spacial score (nSPS) is 27.5. The predicted molar refractivity (Wildman–Crippen MR) is 134 cm³/mol. The van der Waals surface area contributed by atoms with Gasteiger partial charge in [0, 0.05) is 34.8 Å². The molecule has 2 bridgehead atoms. The molecule has 0 saturated heterocycles. The Hall–Kier alpha value is -3.52. The second-order valence-corrected chi connectivity index (χ2v) is 10.2. The monoisotopic (exact) mass is 490 g/mol. The highest BCUT2D eigenvalue weighted by Crippen LogP contribution is 2.45. The van der Waals surface area contributed by atoms with Gasteiger partial charge in [0.15, 0.2) is 0 Å². The van der Waals surface area contributed by atoms with E-state index in [1.165, 1.54) is 6.07 Å². The van der Waals surface area contributed by atoms with Crippen LogP contribution in [-0.2, 0) is 4.79 Å². The number of carbonyl (C=O) groups is 1. The average Bonchev–Trinajstić information content (AvgIpc) is 3.29. The molecule has 0 radical (unpaired) electrons. The molecule has 3 atom stereocenters. The largest absolute Gasteiger partial charge is 0.481 e. The maximum atomic E-state index is 14.4. The van der Waals surface area contributed by atoms with Gasteiger partial charge in [-0.2, -0.15) is 0 Å². The molecule has 1 aromatic heterocycles. The molecule has 0 amide bonds. The van der Waals surface area contributed by atoms with Gasteiger partial charge in [-0.05, 0) is 56.6 Å². The molecule has 7 rings (SSSR count).